The van der Waals surface area contributed by atoms with Gasteiger partial charge in [0.2, 0.25) is 0 Å². The molecule has 2 heterocycles. The number of hydrogen-bond donors (Lipinski definition) is 0. The van der Waals surface area contributed by atoms with E-state index in [0.29, 0.717) is 17.0 Å². The topological polar surface area (TPSA) is 52.3 Å². The monoisotopic (exact) mass is 237 g/mol. The number of esters is 1. The maximum Gasteiger partial charge on any atom is 0.343 e. The zero-order chi connectivity index (χ0) is 11.7. The highest BCUT2D eigenvalue weighted by molar-refractivity contribution is 7.13. The lowest BCUT2D eigenvalue weighted by Gasteiger charge is -1.97. The maximum absolute atomic E-state index is 11.6. The van der Waals surface area contributed by atoms with Crippen molar-refractivity contribution in [3.8, 4) is 10.6 Å². The molecule has 0 aliphatic rings. The molecule has 0 unspecified atom stereocenters. The van der Waals surface area contributed by atoms with Crippen molar-refractivity contribution >= 4 is 17.3 Å². The average molecular weight is 237 g/mol. The summed E-state index contributed by atoms with van der Waals surface area (Å²) < 4.78 is 9.75. The van der Waals surface area contributed by atoms with Gasteiger partial charge < -0.3 is 9.26 Å². The number of rotatable bonds is 2. The third kappa shape index (κ3) is 1.74. The van der Waals surface area contributed by atoms with Crippen molar-refractivity contribution in [2.24, 2.45) is 0 Å². The molecule has 0 aromatic carbocycles. The number of thiophene rings is 1. The smallest absolute Gasteiger partial charge is 0.343 e. The van der Waals surface area contributed by atoms with E-state index >= 15 is 0 Å². The van der Waals surface area contributed by atoms with Gasteiger partial charge in [0.1, 0.15) is 17.0 Å². The minimum absolute atomic E-state index is 0.407. The molecule has 0 aliphatic carbocycles. The third-order valence-electron chi connectivity index (χ3n) is 2.22. The number of carbonyl (C=O) groups is 1. The first kappa shape index (κ1) is 10.9. The van der Waals surface area contributed by atoms with Gasteiger partial charge in [0.15, 0.2) is 0 Å². The maximum atomic E-state index is 11.6. The van der Waals surface area contributed by atoms with E-state index in [4.69, 9.17) is 9.26 Å². The zero-order valence-corrected chi connectivity index (χ0v) is 10.1. The Labute approximate surface area is 96.8 Å². The van der Waals surface area contributed by atoms with Crippen LogP contribution in [0.5, 0.6) is 0 Å². The van der Waals surface area contributed by atoms with Crippen molar-refractivity contribution in [3.63, 3.8) is 0 Å². The molecule has 2 rings (SSSR count). The highest BCUT2D eigenvalue weighted by Gasteiger charge is 2.22. The number of hydrogen-bond acceptors (Lipinski definition) is 5. The van der Waals surface area contributed by atoms with E-state index in [1.807, 2.05) is 18.4 Å². The largest absolute Gasteiger partial charge is 0.465 e. The van der Waals surface area contributed by atoms with Gasteiger partial charge in [-0.05, 0) is 30.9 Å². The zero-order valence-electron chi connectivity index (χ0n) is 9.23. The minimum atomic E-state index is -0.417. The molecule has 0 radical (unpaired) electrons. The Morgan fingerprint density at radius 2 is 2.25 bits per heavy atom. The van der Waals surface area contributed by atoms with Gasteiger partial charge in [-0.2, -0.15) is 0 Å². The van der Waals surface area contributed by atoms with Gasteiger partial charge in [0, 0.05) is 0 Å². The quantitative estimate of drug-likeness (QED) is 0.754. The summed E-state index contributed by atoms with van der Waals surface area (Å²) in [6.07, 6.45) is 0. The Balaban J connectivity index is 2.53. The molecule has 5 heteroatoms. The molecule has 0 N–H and O–H groups in total. The van der Waals surface area contributed by atoms with E-state index in [1.165, 1.54) is 18.4 Å². The van der Waals surface area contributed by atoms with Crippen molar-refractivity contribution in [1.82, 2.24) is 5.16 Å². The molecule has 84 valence electrons. The average Bonchev–Trinajstić information content (AvgIpc) is 2.83. The van der Waals surface area contributed by atoms with E-state index in [1.54, 1.807) is 6.92 Å². The first-order valence-corrected chi connectivity index (χ1v) is 5.61. The fourth-order valence-corrected chi connectivity index (χ4v) is 2.32. The fourth-order valence-electron chi connectivity index (χ4n) is 1.44. The van der Waals surface area contributed by atoms with Crippen LogP contribution < -0.4 is 0 Å². The van der Waals surface area contributed by atoms with Gasteiger partial charge in [-0.1, -0.05) is 5.16 Å². The predicted octanol–water partition coefficient (Wildman–Crippen LogP) is 2.81. The second kappa shape index (κ2) is 4.09. The molecule has 0 amide bonds. The van der Waals surface area contributed by atoms with Gasteiger partial charge in [0.25, 0.3) is 0 Å². The first-order valence-electron chi connectivity index (χ1n) is 4.73. The van der Waals surface area contributed by atoms with Gasteiger partial charge in [-0.25, -0.2) is 4.79 Å². The lowest BCUT2D eigenvalue weighted by atomic mass is 10.1. The number of aryl methyl sites for hydroxylation is 2. The summed E-state index contributed by atoms with van der Waals surface area (Å²) >= 11 is 1.53. The van der Waals surface area contributed by atoms with Gasteiger partial charge in [-0.3, -0.25) is 0 Å². The Morgan fingerprint density at radius 1 is 1.50 bits per heavy atom. The highest BCUT2D eigenvalue weighted by Crippen LogP contribution is 2.30. The molecule has 0 fully saturated rings. The normalized spacial score (nSPS) is 10.4. The van der Waals surface area contributed by atoms with E-state index in [-0.39, 0.29) is 0 Å². The highest BCUT2D eigenvalue weighted by atomic mass is 32.1. The second-order valence-corrected chi connectivity index (χ2v) is 4.35. The Hall–Kier alpha value is -1.62. The van der Waals surface area contributed by atoms with Crippen LogP contribution in [0.3, 0.4) is 0 Å². The van der Waals surface area contributed by atoms with Crippen LogP contribution in [0.15, 0.2) is 16.0 Å². The summed E-state index contributed by atoms with van der Waals surface area (Å²) in [5, 5.41) is 5.90. The van der Waals surface area contributed by atoms with Crippen molar-refractivity contribution < 1.29 is 14.1 Å². The molecule has 2 aromatic heterocycles. The van der Waals surface area contributed by atoms with Crippen LogP contribution in [0, 0.1) is 13.8 Å². The summed E-state index contributed by atoms with van der Waals surface area (Å²) in [5.74, 6) is 0.0627. The van der Waals surface area contributed by atoms with Gasteiger partial charge in [0.05, 0.1) is 12.0 Å². The number of carbonyl (C=O) groups excluding carboxylic acids is 1. The lowest BCUT2D eigenvalue weighted by Crippen LogP contribution is -2.03. The summed E-state index contributed by atoms with van der Waals surface area (Å²) in [6.45, 7) is 3.69. The molecular weight excluding hydrogens is 226 g/mol. The van der Waals surface area contributed by atoms with Crippen LogP contribution in [-0.2, 0) is 4.74 Å². The summed E-state index contributed by atoms with van der Waals surface area (Å²) in [6, 6.07) is 1.97. The van der Waals surface area contributed by atoms with E-state index in [2.05, 4.69) is 5.16 Å². The molecule has 0 saturated heterocycles. The predicted molar refractivity (Wildman–Crippen MR) is 60.6 cm³/mol. The molecular formula is C11H11NO3S. The molecule has 0 saturated carbocycles. The molecule has 2 aromatic rings. The van der Waals surface area contributed by atoms with Crippen LogP contribution >= 0.6 is 11.3 Å². The number of nitrogens with zero attached hydrogens (tertiary/aromatic N) is 1. The third-order valence-corrected chi connectivity index (χ3v) is 3.27. The first-order chi connectivity index (χ1) is 7.63. The van der Waals surface area contributed by atoms with Crippen molar-refractivity contribution in [2.45, 2.75) is 13.8 Å². The standard InChI is InChI=1S/C11H11NO3S/c1-6-4-8(16-5-6)10-9(11(13)14-3)7(2)15-12-10/h4-5H,1-3H3. The van der Waals surface area contributed by atoms with Crippen LogP contribution in [0.1, 0.15) is 21.7 Å². The Morgan fingerprint density at radius 3 is 2.81 bits per heavy atom. The van der Waals surface area contributed by atoms with E-state index in [0.717, 1.165) is 10.4 Å². The minimum Gasteiger partial charge on any atom is -0.465 e. The van der Waals surface area contributed by atoms with E-state index < -0.39 is 5.97 Å². The number of aromatic nitrogens is 1. The molecule has 0 aliphatic heterocycles. The van der Waals surface area contributed by atoms with Crippen molar-refractivity contribution in [1.29, 1.82) is 0 Å². The van der Waals surface area contributed by atoms with Crippen LogP contribution in [0.25, 0.3) is 10.6 Å². The van der Waals surface area contributed by atoms with E-state index in [9.17, 15) is 4.79 Å². The molecule has 4 nitrogen and oxygen atoms in total. The van der Waals surface area contributed by atoms with Crippen LogP contribution in [0.2, 0.25) is 0 Å². The molecule has 16 heavy (non-hydrogen) atoms. The summed E-state index contributed by atoms with van der Waals surface area (Å²) in [7, 11) is 1.35. The Bertz CT molecular complexity index is 527. The SMILES string of the molecule is COC(=O)c1c(-c2cc(C)cs2)noc1C. The number of ether oxygens (including phenoxy) is 1. The molecule has 0 bridgehead atoms. The molecule has 0 atom stereocenters. The summed E-state index contributed by atoms with van der Waals surface area (Å²) in [4.78, 5) is 12.5. The van der Waals surface area contributed by atoms with Crippen LogP contribution in [-0.4, -0.2) is 18.2 Å². The summed E-state index contributed by atoms with van der Waals surface area (Å²) in [5.41, 5.74) is 2.10. The van der Waals surface area contributed by atoms with Gasteiger partial charge in [-0.15, -0.1) is 11.3 Å². The second-order valence-electron chi connectivity index (χ2n) is 3.44. The van der Waals surface area contributed by atoms with Crippen LogP contribution in [0.4, 0.5) is 0 Å². The molecule has 0 spiro atoms. The lowest BCUT2D eigenvalue weighted by molar-refractivity contribution is 0.0599. The van der Waals surface area contributed by atoms with Gasteiger partial charge >= 0.3 is 5.97 Å². The van der Waals surface area contributed by atoms with Crippen molar-refractivity contribution in [3.05, 3.63) is 28.3 Å². The Kier molecular flexibility index (Phi) is 2.78. The fraction of sp³-hybridized carbons (Fsp3) is 0.273. The van der Waals surface area contributed by atoms with Crippen molar-refractivity contribution in [2.75, 3.05) is 7.11 Å². The number of methoxy groups -OCH3 is 1.